The topological polar surface area (TPSA) is 88.3 Å². The minimum absolute atomic E-state index is 0.0149. The van der Waals surface area contributed by atoms with Crippen LogP contribution >= 0.6 is 0 Å². The lowest BCUT2D eigenvalue weighted by molar-refractivity contribution is -0.384. The van der Waals surface area contributed by atoms with Crippen LogP contribution in [0.15, 0.2) is 12.3 Å². The maximum absolute atomic E-state index is 11.0. The van der Waals surface area contributed by atoms with Crippen LogP contribution in [0.4, 0.5) is 11.5 Å². The lowest BCUT2D eigenvalue weighted by Crippen LogP contribution is -2.28. The Morgan fingerprint density at radius 2 is 2.11 bits per heavy atom. The summed E-state index contributed by atoms with van der Waals surface area (Å²) in [6, 6.07) is 1.68. The first-order valence-corrected chi connectivity index (χ1v) is 6.12. The molecule has 6 heteroatoms. The summed E-state index contributed by atoms with van der Waals surface area (Å²) in [7, 11) is 0. The van der Waals surface area contributed by atoms with Crippen molar-refractivity contribution in [2.45, 2.75) is 44.8 Å². The lowest BCUT2D eigenvalue weighted by Gasteiger charge is -2.26. The van der Waals surface area contributed by atoms with Crippen LogP contribution in [0, 0.1) is 17.0 Å². The van der Waals surface area contributed by atoms with Crippen molar-refractivity contribution in [1.82, 2.24) is 4.98 Å². The molecule has 0 amide bonds. The smallest absolute Gasteiger partial charge is 0.311 e. The van der Waals surface area contributed by atoms with Crippen LogP contribution in [0.5, 0.6) is 0 Å². The summed E-state index contributed by atoms with van der Waals surface area (Å²) in [4.78, 5) is 14.6. The molecule has 0 bridgehead atoms. The van der Waals surface area contributed by atoms with Crippen LogP contribution in [-0.2, 0) is 0 Å². The van der Waals surface area contributed by atoms with Crippen LogP contribution in [0.2, 0.25) is 0 Å². The maximum Gasteiger partial charge on any atom is 0.311 e. The summed E-state index contributed by atoms with van der Waals surface area (Å²) in [5, 5.41) is 23.5. The highest BCUT2D eigenvalue weighted by Crippen LogP contribution is 2.27. The summed E-state index contributed by atoms with van der Waals surface area (Å²) in [5.74, 6) is 0.326. The van der Waals surface area contributed by atoms with Gasteiger partial charge in [0.1, 0.15) is 0 Å². The Morgan fingerprint density at radius 1 is 1.44 bits per heavy atom. The molecule has 0 aromatic carbocycles. The fourth-order valence-corrected chi connectivity index (χ4v) is 2.22. The summed E-state index contributed by atoms with van der Waals surface area (Å²) < 4.78 is 0. The normalized spacial score (nSPS) is 23.7. The van der Waals surface area contributed by atoms with E-state index in [0.29, 0.717) is 5.82 Å². The number of aromatic nitrogens is 1. The highest BCUT2D eigenvalue weighted by Gasteiger charge is 2.23. The average Bonchev–Trinajstić information content (AvgIpc) is 2.34. The van der Waals surface area contributed by atoms with Gasteiger partial charge in [-0.1, -0.05) is 0 Å². The average molecular weight is 251 g/mol. The zero-order valence-electron chi connectivity index (χ0n) is 10.3. The number of hydrogen-bond acceptors (Lipinski definition) is 5. The molecule has 0 radical (unpaired) electrons. The monoisotopic (exact) mass is 251 g/mol. The molecule has 98 valence electrons. The SMILES string of the molecule is Cc1cnc(NC2CCC(O)CC2)c([N+](=O)[O-])c1. The van der Waals surface area contributed by atoms with Gasteiger partial charge in [0, 0.05) is 18.3 Å². The van der Waals surface area contributed by atoms with Crippen LogP contribution in [0.1, 0.15) is 31.2 Å². The van der Waals surface area contributed by atoms with Gasteiger partial charge in [-0.25, -0.2) is 4.98 Å². The first-order valence-electron chi connectivity index (χ1n) is 6.12. The van der Waals surface area contributed by atoms with Gasteiger partial charge in [0.05, 0.1) is 11.0 Å². The first-order chi connectivity index (χ1) is 8.56. The largest absolute Gasteiger partial charge is 0.393 e. The van der Waals surface area contributed by atoms with Crippen molar-refractivity contribution < 1.29 is 10.0 Å². The van der Waals surface area contributed by atoms with Gasteiger partial charge in [-0.05, 0) is 38.2 Å². The Hall–Kier alpha value is -1.69. The number of nitrogens with zero attached hydrogens (tertiary/aromatic N) is 2. The number of aryl methyl sites for hydroxylation is 1. The number of aliphatic hydroxyl groups excluding tert-OH is 1. The van der Waals surface area contributed by atoms with Crippen molar-refractivity contribution in [3.63, 3.8) is 0 Å². The van der Waals surface area contributed by atoms with Crippen molar-refractivity contribution >= 4 is 11.5 Å². The molecule has 18 heavy (non-hydrogen) atoms. The molecule has 1 aromatic heterocycles. The van der Waals surface area contributed by atoms with E-state index in [9.17, 15) is 15.2 Å². The fraction of sp³-hybridized carbons (Fsp3) is 0.583. The second-order valence-electron chi connectivity index (χ2n) is 4.79. The first kappa shape index (κ1) is 12.8. The molecule has 1 aliphatic carbocycles. The summed E-state index contributed by atoms with van der Waals surface area (Å²) in [6.45, 7) is 1.78. The Kier molecular flexibility index (Phi) is 3.76. The van der Waals surface area contributed by atoms with E-state index in [1.165, 1.54) is 6.07 Å². The molecule has 2 N–H and O–H groups in total. The third kappa shape index (κ3) is 2.95. The van der Waals surface area contributed by atoms with E-state index in [2.05, 4.69) is 10.3 Å². The van der Waals surface area contributed by atoms with Crippen molar-refractivity contribution in [3.8, 4) is 0 Å². The molecule has 0 unspecified atom stereocenters. The van der Waals surface area contributed by atoms with Gasteiger partial charge in [-0.3, -0.25) is 10.1 Å². The number of hydrogen-bond donors (Lipinski definition) is 2. The minimum atomic E-state index is -0.417. The van der Waals surface area contributed by atoms with Crippen molar-refractivity contribution in [1.29, 1.82) is 0 Å². The third-order valence-electron chi connectivity index (χ3n) is 3.24. The van der Waals surface area contributed by atoms with E-state index in [4.69, 9.17) is 0 Å². The van der Waals surface area contributed by atoms with E-state index in [1.54, 1.807) is 13.1 Å². The predicted octanol–water partition coefficient (Wildman–Crippen LogP) is 2.01. The zero-order valence-corrected chi connectivity index (χ0v) is 10.3. The Morgan fingerprint density at radius 3 is 2.72 bits per heavy atom. The number of anilines is 1. The molecule has 2 rings (SSSR count). The number of rotatable bonds is 3. The Bertz CT molecular complexity index is 442. The van der Waals surface area contributed by atoms with Crippen LogP contribution < -0.4 is 5.32 Å². The van der Waals surface area contributed by atoms with Gasteiger partial charge in [0.2, 0.25) is 5.82 Å². The molecule has 1 saturated carbocycles. The number of aliphatic hydroxyl groups is 1. The molecular weight excluding hydrogens is 234 g/mol. The molecular formula is C12H17N3O3. The molecule has 6 nitrogen and oxygen atoms in total. The molecule has 1 fully saturated rings. The standard InChI is InChI=1S/C12H17N3O3/c1-8-6-11(15(17)18)12(13-7-8)14-9-2-4-10(16)5-3-9/h6-7,9-10,16H,2-5H2,1H3,(H,13,14). The fourth-order valence-electron chi connectivity index (χ4n) is 2.22. The maximum atomic E-state index is 11.0. The molecule has 0 atom stereocenters. The zero-order chi connectivity index (χ0) is 13.1. The van der Waals surface area contributed by atoms with E-state index in [1.807, 2.05) is 0 Å². The summed E-state index contributed by atoms with van der Waals surface area (Å²) in [6.07, 6.45) is 4.48. The van der Waals surface area contributed by atoms with Gasteiger partial charge < -0.3 is 10.4 Å². The van der Waals surface area contributed by atoms with E-state index < -0.39 is 4.92 Å². The molecule has 1 aliphatic rings. The van der Waals surface area contributed by atoms with Crippen LogP contribution in [-0.4, -0.2) is 27.2 Å². The van der Waals surface area contributed by atoms with Crippen molar-refractivity contribution in [2.75, 3.05) is 5.32 Å². The highest BCUT2D eigenvalue weighted by molar-refractivity contribution is 5.57. The minimum Gasteiger partial charge on any atom is -0.393 e. The highest BCUT2D eigenvalue weighted by atomic mass is 16.6. The van der Waals surface area contributed by atoms with Gasteiger partial charge >= 0.3 is 5.69 Å². The number of nitrogens with one attached hydrogen (secondary N) is 1. The van der Waals surface area contributed by atoms with Crippen LogP contribution in [0.3, 0.4) is 0 Å². The van der Waals surface area contributed by atoms with E-state index >= 15 is 0 Å². The number of pyridine rings is 1. The van der Waals surface area contributed by atoms with Crippen molar-refractivity contribution in [2.24, 2.45) is 0 Å². The van der Waals surface area contributed by atoms with Gasteiger partial charge in [-0.2, -0.15) is 0 Å². The van der Waals surface area contributed by atoms with Crippen LogP contribution in [0.25, 0.3) is 0 Å². The summed E-state index contributed by atoms with van der Waals surface area (Å²) in [5.41, 5.74) is 0.785. The third-order valence-corrected chi connectivity index (χ3v) is 3.24. The van der Waals surface area contributed by atoms with Gasteiger partial charge in [0.15, 0.2) is 0 Å². The number of nitro groups is 1. The van der Waals surface area contributed by atoms with Gasteiger partial charge in [0.25, 0.3) is 0 Å². The second-order valence-corrected chi connectivity index (χ2v) is 4.79. The quantitative estimate of drug-likeness (QED) is 0.633. The Labute approximate surface area is 105 Å². The molecule has 0 aliphatic heterocycles. The van der Waals surface area contributed by atoms with Crippen molar-refractivity contribution in [3.05, 3.63) is 27.9 Å². The molecule has 0 spiro atoms. The molecule has 1 aromatic rings. The summed E-state index contributed by atoms with van der Waals surface area (Å²) >= 11 is 0. The lowest BCUT2D eigenvalue weighted by atomic mass is 9.93. The predicted molar refractivity (Wildman–Crippen MR) is 67.5 cm³/mol. The van der Waals surface area contributed by atoms with Gasteiger partial charge in [-0.15, -0.1) is 0 Å². The molecule has 1 heterocycles. The van der Waals surface area contributed by atoms with E-state index in [0.717, 1.165) is 31.2 Å². The van der Waals surface area contributed by atoms with E-state index in [-0.39, 0.29) is 17.8 Å². The molecule has 0 saturated heterocycles. The second kappa shape index (κ2) is 5.30. The Balaban J connectivity index is 2.11.